The molecule has 86 valence electrons. The van der Waals surface area contributed by atoms with Gasteiger partial charge in [0.2, 0.25) is 5.76 Å². The summed E-state index contributed by atoms with van der Waals surface area (Å²) in [6.45, 7) is 0.321. The second kappa shape index (κ2) is 4.32. The van der Waals surface area contributed by atoms with Crippen molar-refractivity contribution in [2.45, 2.75) is 12.2 Å². The van der Waals surface area contributed by atoms with Crippen LogP contribution < -0.4 is 0 Å². The van der Waals surface area contributed by atoms with Gasteiger partial charge in [-0.1, -0.05) is 0 Å². The minimum Gasteiger partial charge on any atom is -0.449 e. The maximum Gasteiger partial charge on any atom is 0.374 e. The van der Waals surface area contributed by atoms with Crippen molar-refractivity contribution in [2.24, 2.45) is 0 Å². The van der Waals surface area contributed by atoms with Crippen LogP contribution >= 0.6 is 7.60 Å². The molecule has 3 atom stereocenters. The highest BCUT2D eigenvalue weighted by atomic mass is 31.2. The van der Waals surface area contributed by atoms with Crippen molar-refractivity contribution in [1.82, 2.24) is 0 Å². The van der Waals surface area contributed by atoms with E-state index >= 15 is 0 Å². The third-order valence-electron chi connectivity index (χ3n) is 1.59. The van der Waals surface area contributed by atoms with Gasteiger partial charge in [0.1, 0.15) is 6.10 Å². The number of hydrogen-bond acceptors (Lipinski definition) is 6. The van der Waals surface area contributed by atoms with Crippen molar-refractivity contribution in [3.63, 3.8) is 0 Å². The third kappa shape index (κ3) is 3.32. The molecule has 0 radical (unpaired) electrons. The normalized spacial score (nSPS) is 26.5. The zero-order valence-corrected chi connectivity index (χ0v) is 8.76. The summed E-state index contributed by atoms with van der Waals surface area (Å²) in [6, 6.07) is 0. The Morgan fingerprint density at radius 3 is 2.80 bits per heavy atom. The maximum absolute atomic E-state index is 11.0. The molecule has 0 spiro atoms. The summed E-state index contributed by atoms with van der Waals surface area (Å²) in [5, 5.41) is 17.7. The molecule has 0 aromatic heterocycles. The molecule has 0 aromatic carbocycles. The summed E-state index contributed by atoms with van der Waals surface area (Å²) < 4.78 is 19.8. The fourth-order valence-corrected chi connectivity index (χ4v) is 1.48. The third-order valence-corrected chi connectivity index (χ3v) is 2.13. The molecule has 0 saturated carbocycles. The molecule has 15 heavy (non-hydrogen) atoms. The highest BCUT2D eigenvalue weighted by molar-refractivity contribution is 7.52. The number of carbonyl (C=O) groups excluding carboxylic acids is 1. The molecule has 1 heterocycles. The fourth-order valence-electron chi connectivity index (χ4n) is 0.977. The Kier molecular flexibility index (Phi) is 3.51. The van der Waals surface area contributed by atoms with Crippen molar-refractivity contribution in [2.75, 3.05) is 13.3 Å². The lowest BCUT2D eigenvalue weighted by Gasteiger charge is -2.11. The number of esters is 1. The van der Waals surface area contributed by atoms with Gasteiger partial charge < -0.3 is 24.4 Å². The Morgan fingerprint density at radius 2 is 2.33 bits per heavy atom. The lowest BCUT2D eigenvalue weighted by atomic mass is 10.2. The van der Waals surface area contributed by atoms with Crippen LogP contribution in [0.5, 0.6) is 0 Å². The first-order valence-corrected chi connectivity index (χ1v) is 6.07. The molecule has 7 nitrogen and oxygen atoms in total. The monoisotopic (exact) mass is 238 g/mol. The zero-order chi connectivity index (χ0) is 11.6. The molecule has 1 aliphatic rings. The van der Waals surface area contributed by atoms with Crippen molar-refractivity contribution in [3.05, 3.63) is 11.8 Å². The molecule has 8 heteroatoms. The number of aliphatic hydroxyl groups is 2. The number of aliphatic hydroxyl groups excluding tert-OH is 2. The zero-order valence-electron chi connectivity index (χ0n) is 7.86. The second-order valence-corrected chi connectivity index (χ2v) is 4.83. The van der Waals surface area contributed by atoms with E-state index < -0.39 is 38.1 Å². The van der Waals surface area contributed by atoms with E-state index in [1.807, 2.05) is 0 Å². The first kappa shape index (κ1) is 12.2. The van der Waals surface area contributed by atoms with Gasteiger partial charge in [-0.25, -0.2) is 9.36 Å². The van der Waals surface area contributed by atoms with Crippen LogP contribution in [0.2, 0.25) is 0 Å². The lowest BCUT2D eigenvalue weighted by molar-refractivity contribution is -0.146. The van der Waals surface area contributed by atoms with Gasteiger partial charge in [0.25, 0.3) is 0 Å². The average molecular weight is 238 g/mol. The topological polar surface area (TPSA) is 113 Å². The van der Waals surface area contributed by atoms with Crippen molar-refractivity contribution in [3.8, 4) is 0 Å². The summed E-state index contributed by atoms with van der Waals surface area (Å²) in [5.41, 5.74) is 0. The van der Waals surface area contributed by atoms with Crippen LogP contribution in [0.15, 0.2) is 11.8 Å². The standard InChI is InChI=1S/C7H11O7P/c1-15(11,12)14-6-2-5(4(9)3-8)13-7(6)10/h2,4-5,8-9H,3H2,1H3,(H,11,12). The molecule has 1 aliphatic heterocycles. The second-order valence-electron chi connectivity index (χ2n) is 3.05. The van der Waals surface area contributed by atoms with Crippen LogP contribution in [0.3, 0.4) is 0 Å². The highest BCUT2D eigenvalue weighted by Crippen LogP contribution is 2.41. The lowest BCUT2D eigenvalue weighted by Crippen LogP contribution is -2.28. The van der Waals surface area contributed by atoms with E-state index in [4.69, 9.17) is 15.1 Å². The smallest absolute Gasteiger partial charge is 0.374 e. The number of rotatable bonds is 4. The first-order chi connectivity index (χ1) is 6.83. The van der Waals surface area contributed by atoms with Crippen molar-refractivity contribution < 1.29 is 33.7 Å². The van der Waals surface area contributed by atoms with E-state index in [1.165, 1.54) is 0 Å². The Hall–Kier alpha value is -0.880. The summed E-state index contributed by atoms with van der Waals surface area (Å²) in [5.74, 6) is -1.37. The summed E-state index contributed by atoms with van der Waals surface area (Å²) >= 11 is 0. The molecular weight excluding hydrogens is 227 g/mol. The van der Waals surface area contributed by atoms with Gasteiger partial charge in [-0.05, 0) is 0 Å². The predicted molar refractivity (Wildman–Crippen MR) is 47.9 cm³/mol. The summed E-state index contributed by atoms with van der Waals surface area (Å²) in [6.07, 6.45) is -1.27. The Balaban J connectivity index is 2.73. The SMILES string of the molecule is CP(=O)(O)OC1=CC(C(O)CO)OC1=O. The first-order valence-electron chi connectivity index (χ1n) is 4.05. The van der Waals surface area contributed by atoms with E-state index in [9.17, 15) is 9.36 Å². The molecule has 3 N–H and O–H groups in total. The minimum absolute atomic E-state index is 0.430. The van der Waals surface area contributed by atoms with Crippen LogP contribution in [0.4, 0.5) is 0 Å². The van der Waals surface area contributed by atoms with E-state index in [0.29, 0.717) is 0 Å². The fraction of sp³-hybridized carbons (Fsp3) is 0.571. The van der Waals surface area contributed by atoms with Gasteiger partial charge in [0, 0.05) is 12.7 Å². The predicted octanol–water partition coefficient (Wildman–Crippen LogP) is -1.02. The maximum atomic E-state index is 11.0. The van der Waals surface area contributed by atoms with Gasteiger partial charge >= 0.3 is 13.6 Å². The summed E-state index contributed by atoms with van der Waals surface area (Å²) in [7, 11) is -3.83. The van der Waals surface area contributed by atoms with Crippen LogP contribution in [-0.4, -0.2) is 46.6 Å². The van der Waals surface area contributed by atoms with Gasteiger partial charge in [-0.15, -0.1) is 0 Å². The molecule has 0 aliphatic carbocycles. The van der Waals surface area contributed by atoms with Crippen molar-refractivity contribution in [1.29, 1.82) is 0 Å². The number of cyclic esters (lactones) is 1. The Morgan fingerprint density at radius 1 is 1.73 bits per heavy atom. The van der Waals surface area contributed by atoms with Gasteiger partial charge in [0.15, 0.2) is 6.10 Å². The van der Waals surface area contributed by atoms with Crippen LogP contribution in [0.25, 0.3) is 0 Å². The van der Waals surface area contributed by atoms with E-state index in [0.717, 1.165) is 12.7 Å². The molecule has 1 rings (SSSR count). The Bertz CT molecular complexity index is 330. The molecule has 0 saturated heterocycles. The minimum atomic E-state index is -3.83. The number of carbonyl (C=O) groups is 1. The number of ether oxygens (including phenoxy) is 1. The molecule has 0 amide bonds. The summed E-state index contributed by atoms with van der Waals surface area (Å²) in [4.78, 5) is 19.9. The Labute approximate surface area is 85.5 Å². The number of hydrogen-bond donors (Lipinski definition) is 3. The van der Waals surface area contributed by atoms with Crippen LogP contribution in [-0.2, 0) is 18.6 Å². The average Bonchev–Trinajstić information content (AvgIpc) is 2.44. The van der Waals surface area contributed by atoms with Gasteiger partial charge in [0.05, 0.1) is 6.61 Å². The van der Waals surface area contributed by atoms with Crippen LogP contribution in [0.1, 0.15) is 0 Å². The quantitative estimate of drug-likeness (QED) is 0.424. The molecule has 0 fully saturated rings. The van der Waals surface area contributed by atoms with E-state index in [1.54, 1.807) is 0 Å². The van der Waals surface area contributed by atoms with Gasteiger partial charge in [-0.3, -0.25) is 0 Å². The van der Waals surface area contributed by atoms with E-state index in [-0.39, 0.29) is 0 Å². The molecular formula is C7H11O7P. The molecule has 3 unspecified atom stereocenters. The molecule has 0 aromatic rings. The van der Waals surface area contributed by atoms with E-state index in [2.05, 4.69) is 9.26 Å². The van der Waals surface area contributed by atoms with Gasteiger partial charge in [-0.2, -0.15) is 0 Å². The largest absolute Gasteiger partial charge is 0.449 e. The van der Waals surface area contributed by atoms with Crippen LogP contribution in [0, 0.1) is 0 Å². The van der Waals surface area contributed by atoms with Crippen molar-refractivity contribution >= 4 is 13.6 Å². The molecule has 0 bridgehead atoms. The highest BCUT2D eigenvalue weighted by Gasteiger charge is 2.34.